The average molecular weight is 305 g/mol. The van der Waals surface area contributed by atoms with Gasteiger partial charge >= 0.3 is 0 Å². The Morgan fingerprint density at radius 1 is 1.32 bits per heavy atom. The Morgan fingerprint density at radius 3 is 2.68 bits per heavy atom. The monoisotopic (exact) mass is 305 g/mol. The zero-order chi connectivity index (χ0) is 15.5. The van der Waals surface area contributed by atoms with E-state index in [1.807, 2.05) is 0 Å². The Labute approximate surface area is 128 Å². The fourth-order valence-electron chi connectivity index (χ4n) is 2.64. The van der Waals surface area contributed by atoms with Gasteiger partial charge in [0.2, 0.25) is 5.89 Å². The van der Waals surface area contributed by atoms with Crippen molar-refractivity contribution in [2.24, 2.45) is 5.92 Å². The minimum Gasteiger partial charge on any atom is -0.456 e. The molecule has 7 heteroatoms. The van der Waals surface area contributed by atoms with Gasteiger partial charge in [0.15, 0.2) is 11.6 Å². The number of ether oxygens (including phenoxy) is 1. The summed E-state index contributed by atoms with van der Waals surface area (Å²) < 4.78 is 16.0. The van der Waals surface area contributed by atoms with Gasteiger partial charge in [0.25, 0.3) is 5.91 Å². The van der Waals surface area contributed by atoms with Crippen molar-refractivity contribution in [1.82, 2.24) is 15.5 Å². The summed E-state index contributed by atoms with van der Waals surface area (Å²) in [5, 5.41) is 6.79. The van der Waals surface area contributed by atoms with Crippen molar-refractivity contribution in [1.29, 1.82) is 0 Å². The Balaban J connectivity index is 1.80. The number of hydrogen-bond donors (Lipinski definition) is 1. The van der Waals surface area contributed by atoms with Crippen LogP contribution in [0, 0.1) is 19.8 Å². The minimum atomic E-state index is -0.331. The first-order chi connectivity index (χ1) is 10.6. The SMILES string of the molecule is Cc1noc([C@H](NC(=O)c2ccc(C)o2)C2CCOCC2)n1. The molecule has 7 nitrogen and oxygen atoms in total. The first-order valence-corrected chi connectivity index (χ1v) is 7.39. The second-order valence-corrected chi connectivity index (χ2v) is 5.49. The van der Waals surface area contributed by atoms with Crippen molar-refractivity contribution >= 4 is 5.91 Å². The molecule has 1 fully saturated rings. The van der Waals surface area contributed by atoms with Crippen molar-refractivity contribution in [3.05, 3.63) is 35.4 Å². The molecule has 1 atom stereocenters. The van der Waals surface area contributed by atoms with Gasteiger partial charge in [0, 0.05) is 13.2 Å². The molecule has 3 heterocycles. The van der Waals surface area contributed by atoms with Gasteiger partial charge in [-0.05, 0) is 44.7 Å². The van der Waals surface area contributed by atoms with E-state index in [1.165, 1.54) is 0 Å². The average Bonchev–Trinajstić information content (AvgIpc) is 3.14. The van der Waals surface area contributed by atoms with Crippen LogP contribution < -0.4 is 5.32 Å². The second-order valence-electron chi connectivity index (χ2n) is 5.49. The number of aromatic nitrogens is 2. The number of amides is 1. The van der Waals surface area contributed by atoms with Crippen molar-refractivity contribution in [3.63, 3.8) is 0 Å². The summed E-state index contributed by atoms with van der Waals surface area (Å²) in [4.78, 5) is 16.6. The van der Waals surface area contributed by atoms with Crippen LogP contribution in [0.3, 0.4) is 0 Å². The lowest BCUT2D eigenvalue weighted by molar-refractivity contribution is 0.0463. The topological polar surface area (TPSA) is 90.4 Å². The summed E-state index contributed by atoms with van der Waals surface area (Å²) in [6, 6.07) is 3.09. The van der Waals surface area contributed by atoms with Gasteiger partial charge in [-0.25, -0.2) is 0 Å². The Hall–Kier alpha value is -2.15. The summed E-state index contributed by atoms with van der Waals surface area (Å²) in [6.45, 7) is 4.90. The highest BCUT2D eigenvalue weighted by Gasteiger charge is 2.31. The molecule has 118 valence electrons. The molecular formula is C15H19N3O4. The van der Waals surface area contributed by atoms with Crippen molar-refractivity contribution in [3.8, 4) is 0 Å². The number of nitrogens with zero attached hydrogens (tertiary/aromatic N) is 2. The standard InChI is InChI=1S/C15H19N3O4/c1-9-3-4-12(21-9)14(19)17-13(11-5-7-20-8-6-11)15-16-10(2)18-22-15/h3-4,11,13H,5-8H2,1-2H3,(H,17,19)/t13-/m1/s1. The van der Waals surface area contributed by atoms with Crippen LogP contribution in [-0.4, -0.2) is 29.3 Å². The van der Waals surface area contributed by atoms with E-state index in [4.69, 9.17) is 13.7 Å². The van der Waals surface area contributed by atoms with Crippen LogP contribution in [0.15, 0.2) is 21.1 Å². The quantitative estimate of drug-likeness (QED) is 0.931. The first kappa shape index (κ1) is 14.8. The van der Waals surface area contributed by atoms with Crippen LogP contribution in [0.2, 0.25) is 0 Å². The van der Waals surface area contributed by atoms with Crippen molar-refractivity contribution in [2.45, 2.75) is 32.7 Å². The molecule has 0 bridgehead atoms. The Kier molecular flexibility index (Phi) is 4.24. The van der Waals surface area contributed by atoms with Crippen LogP contribution in [-0.2, 0) is 4.74 Å². The van der Waals surface area contributed by atoms with Crippen LogP contribution in [0.4, 0.5) is 0 Å². The third-order valence-electron chi connectivity index (χ3n) is 3.80. The maximum atomic E-state index is 12.4. The van der Waals surface area contributed by atoms with Gasteiger partial charge in [-0.1, -0.05) is 5.16 Å². The van der Waals surface area contributed by atoms with E-state index in [-0.39, 0.29) is 23.6 Å². The van der Waals surface area contributed by atoms with E-state index in [2.05, 4.69) is 15.5 Å². The lowest BCUT2D eigenvalue weighted by atomic mass is 9.91. The maximum Gasteiger partial charge on any atom is 0.287 e. The molecule has 1 N–H and O–H groups in total. The molecule has 0 radical (unpaired) electrons. The van der Waals surface area contributed by atoms with Crippen LogP contribution in [0.5, 0.6) is 0 Å². The van der Waals surface area contributed by atoms with E-state index in [0.29, 0.717) is 30.7 Å². The molecule has 1 aliphatic rings. The maximum absolute atomic E-state index is 12.4. The zero-order valence-electron chi connectivity index (χ0n) is 12.7. The predicted molar refractivity (Wildman–Crippen MR) is 76.2 cm³/mol. The number of nitrogens with one attached hydrogen (secondary N) is 1. The summed E-state index contributed by atoms with van der Waals surface area (Å²) in [7, 11) is 0. The molecule has 0 aromatic carbocycles. The normalized spacial score (nSPS) is 17.4. The molecule has 22 heavy (non-hydrogen) atoms. The van der Waals surface area contributed by atoms with Gasteiger partial charge in [-0.2, -0.15) is 4.98 Å². The molecule has 3 rings (SSSR count). The summed E-state index contributed by atoms with van der Waals surface area (Å²) in [5.74, 6) is 1.89. The lowest BCUT2D eigenvalue weighted by Crippen LogP contribution is -2.36. The molecular weight excluding hydrogens is 286 g/mol. The fraction of sp³-hybridized carbons (Fsp3) is 0.533. The zero-order valence-corrected chi connectivity index (χ0v) is 12.7. The number of rotatable bonds is 4. The third-order valence-corrected chi connectivity index (χ3v) is 3.80. The van der Waals surface area contributed by atoms with Gasteiger partial charge in [0.1, 0.15) is 11.8 Å². The molecule has 1 aliphatic heterocycles. The lowest BCUT2D eigenvalue weighted by Gasteiger charge is -2.28. The molecule has 0 spiro atoms. The Morgan fingerprint density at radius 2 is 2.09 bits per heavy atom. The van der Waals surface area contributed by atoms with Gasteiger partial charge in [-0.15, -0.1) is 0 Å². The number of carbonyl (C=O) groups is 1. The Bertz CT molecular complexity index is 643. The van der Waals surface area contributed by atoms with Crippen LogP contribution >= 0.6 is 0 Å². The van der Waals surface area contributed by atoms with Gasteiger partial charge in [0.05, 0.1) is 0 Å². The molecule has 0 saturated carbocycles. The highest BCUT2D eigenvalue weighted by atomic mass is 16.5. The molecule has 0 aliphatic carbocycles. The van der Waals surface area contributed by atoms with Crippen molar-refractivity contribution < 1.29 is 18.5 Å². The third kappa shape index (κ3) is 3.19. The molecule has 2 aromatic rings. The second kappa shape index (κ2) is 6.31. The van der Waals surface area contributed by atoms with E-state index < -0.39 is 0 Å². The number of hydrogen-bond acceptors (Lipinski definition) is 6. The van der Waals surface area contributed by atoms with Crippen LogP contribution in [0.25, 0.3) is 0 Å². The molecule has 2 aromatic heterocycles. The predicted octanol–water partition coefficient (Wildman–Crippen LogP) is 2.18. The van der Waals surface area contributed by atoms with E-state index in [1.54, 1.807) is 26.0 Å². The molecule has 1 amide bonds. The summed E-state index contributed by atoms with van der Waals surface area (Å²) >= 11 is 0. The summed E-state index contributed by atoms with van der Waals surface area (Å²) in [5.41, 5.74) is 0. The fourth-order valence-corrected chi connectivity index (χ4v) is 2.64. The minimum absolute atomic E-state index is 0.202. The van der Waals surface area contributed by atoms with E-state index in [9.17, 15) is 4.79 Å². The smallest absolute Gasteiger partial charge is 0.287 e. The summed E-state index contributed by atoms with van der Waals surface area (Å²) in [6.07, 6.45) is 1.67. The van der Waals surface area contributed by atoms with E-state index in [0.717, 1.165) is 12.8 Å². The van der Waals surface area contributed by atoms with Gasteiger partial charge in [-0.3, -0.25) is 4.79 Å². The van der Waals surface area contributed by atoms with Crippen molar-refractivity contribution in [2.75, 3.05) is 13.2 Å². The number of carbonyl (C=O) groups excluding carboxylic acids is 1. The molecule has 0 unspecified atom stereocenters. The van der Waals surface area contributed by atoms with Gasteiger partial charge < -0.3 is 19.0 Å². The molecule has 1 saturated heterocycles. The highest BCUT2D eigenvalue weighted by Crippen LogP contribution is 2.29. The highest BCUT2D eigenvalue weighted by molar-refractivity contribution is 5.91. The largest absolute Gasteiger partial charge is 0.456 e. The number of furan rings is 1. The first-order valence-electron chi connectivity index (χ1n) is 7.39. The number of aryl methyl sites for hydroxylation is 2. The van der Waals surface area contributed by atoms with Crippen LogP contribution in [0.1, 0.15) is 46.9 Å². The van der Waals surface area contributed by atoms with E-state index >= 15 is 0 Å².